The summed E-state index contributed by atoms with van der Waals surface area (Å²) in [6, 6.07) is 11.7. The van der Waals surface area contributed by atoms with E-state index in [1.165, 1.54) is 0 Å². The number of ether oxygens (including phenoxy) is 2. The molecule has 6 N–H and O–H groups in total. The van der Waals surface area contributed by atoms with Crippen molar-refractivity contribution in [3.05, 3.63) is 70.5 Å². The number of halogens is 2. The number of anilines is 2. The number of nitrogens with one attached hydrogen (secondary N) is 1. The van der Waals surface area contributed by atoms with E-state index >= 15 is 4.11 Å². The molecule has 0 bridgehead atoms. The fourth-order valence-electron chi connectivity index (χ4n) is 7.55. The maximum absolute atomic E-state index is 16.2. The molecule has 0 aliphatic carbocycles. The van der Waals surface area contributed by atoms with Crippen LogP contribution >= 0.6 is 11.6 Å². The second-order valence-electron chi connectivity index (χ2n) is 13.7. The van der Waals surface area contributed by atoms with Gasteiger partial charge >= 0.3 is 0 Å². The van der Waals surface area contributed by atoms with Gasteiger partial charge in [-0.15, -0.1) is 5.10 Å². The van der Waals surface area contributed by atoms with Crippen LogP contribution in [0, 0.1) is 5.92 Å². The van der Waals surface area contributed by atoms with Gasteiger partial charge in [-0.25, -0.2) is 0 Å². The highest BCUT2D eigenvalue weighted by atomic mass is 35.5. The van der Waals surface area contributed by atoms with Gasteiger partial charge in [0.25, 0.3) is 11.8 Å². The summed E-state index contributed by atoms with van der Waals surface area (Å²) in [5.74, 6) is -1.70. The summed E-state index contributed by atoms with van der Waals surface area (Å²) in [6.07, 6.45) is -6.93. The van der Waals surface area contributed by atoms with E-state index in [1.54, 1.807) is 71.3 Å². The second-order valence-corrected chi connectivity index (χ2v) is 17.9. The molecule has 1 spiro atoms. The van der Waals surface area contributed by atoms with Crippen LogP contribution in [0.4, 0.5) is 15.5 Å². The number of carbonyl (C=O) groups is 2. The molecule has 270 valence electrons. The zero-order chi connectivity index (χ0) is 36.1. The summed E-state index contributed by atoms with van der Waals surface area (Å²) in [5, 5.41) is 60.0. The average Bonchev–Trinajstić information content (AvgIpc) is 3.71. The van der Waals surface area contributed by atoms with Crippen LogP contribution in [0.1, 0.15) is 30.2 Å². The molecule has 3 aromatic rings. The van der Waals surface area contributed by atoms with E-state index in [0.717, 1.165) is 0 Å². The first kappa shape index (κ1) is 36.5. The number of amides is 2. The van der Waals surface area contributed by atoms with Crippen LogP contribution < -0.4 is 10.2 Å². The molecule has 2 amide bonds. The Morgan fingerprint density at radius 2 is 1.82 bits per heavy atom. The quantitative estimate of drug-likeness (QED) is 0.131. The van der Waals surface area contributed by atoms with E-state index in [1.807, 2.05) is 6.92 Å². The zero-order valence-corrected chi connectivity index (χ0v) is 29.4. The fraction of sp³-hybridized carbons (Fsp3) is 0.515. The summed E-state index contributed by atoms with van der Waals surface area (Å²) in [4.78, 5) is 29.0. The van der Waals surface area contributed by atoms with Gasteiger partial charge < -0.3 is 49.3 Å². The minimum Gasteiger partial charge on any atom is -0.396 e. The lowest BCUT2D eigenvalue weighted by Gasteiger charge is -2.37. The average molecular weight is 734 g/mol. The van der Waals surface area contributed by atoms with Crippen molar-refractivity contribution in [2.45, 2.75) is 93.9 Å². The van der Waals surface area contributed by atoms with Crippen molar-refractivity contribution in [2.75, 3.05) is 16.8 Å². The first-order chi connectivity index (χ1) is 23.6. The van der Waals surface area contributed by atoms with E-state index in [2.05, 4.69) is 15.6 Å². The minimum absolute atomic E-state index is 0.0552. The third-order valence-electron chi connectivity index (χ3n) is 9.93. The Labute approximate surface area is 293 Å². The van der Waals surface area contributed by atoms with Crippen molar-refractivity contribution in [1.82, 2.24) is 15.0 Å². The third-order valence-corrected chi connectivity index (χ3v) is 12.6. The number of aliphatic hydroxyl groups excluding tert-OH is 5. The predicted octanol–water partition coefficient (Wildman–Crippen LogP) is 1.62. The largest absolute Gasteiger partial charge is 0.396 e. The number of hydrogen-bond donors (Lipinski definition) is 6. The maximum atomic E-state index is 16.2. The van der Waals surface area contributed by atoms with Crippen LogP contribution in [0.3, 0.4) is 0 Å². The molecule has 9 atom stereocenters. The van der Waals surface area contributed by atoms with Gasteiger partial charge in [0, 0.05) is 53.5 Å². The topological polar surface area (TPSA) is 200 Å². The molecule has 50 heavy (non-hydrogen) atoms. The molecular weight excluding hydrogens is 693 g/mol. The molecule has 3 aliphatic rings. The highest BCUT2D eigenvalue weighted by Crippen LogP contribution is 2.60. The van der Waals surface area contributed by atoms with Crippen LogP contribution in [0.25, 0.3) is 0 Å². The number of aliphatic hydroxyl groups is 5. The van der Waals surface area contributed by atoms with Crippen molar-refractivity contribution < 1.29 is 48.7 Å². The molecule has 17 heteroatoms. The normalized spacial score (nSPS) is 31.0. The third kappa shape index (κ3) is 6.60. The SMILES string of the molecule is C[C@H]1[C@H]([Si](C)(C)F)[C@@H](CCn2cc(CCO)nn2)O[C@]12C(=O)N(Cc1ccc(NC(=O)[C@H]3O[C@@H](O)[C@H](O)[C@@H](O)[C@@H]3O)cc1)c1ccc(Cl)cc12. The van der Waals surface area contributed by atoms with Crippen LogP contribution in [0.15, 0.2) is 48.7 Å². The standard InChI is InChI=1S/C33H41ClFN5O9Si/c1-17-29(50(2,3)35)24(10-12-39-16-21(11-13-41)37-38-39)49-33(17)22-14-19(34)6-9-23(22)40(32(33)47)15-18-4-7-20(8-5-18)36-30(45)28-26(43)25(42)27(44)31(46)48-28/h4-9,14,16-17,24-29,31,41-44,46H,10-13,15H2,1-3H3,(H,36,45)/t17-,24+,25-,26-,27+,28-,29-,31+,33+/m0/s1. The molecule has 4 heterocycles. The molecule has 0 radical (unpaired) electrons. The molecule has 0 unspecified atom stereocenters. The van der Waals surface area contributed by atoms with Crippen LogP contribution in [-0.4, -0.2) is 104 Å². The molecule has 2 fully saturated rings. The zero-order valence-electron chi connectivity index (χ0n) is 27.7. The molecule has 14 nitrogen and oxygen atoms in total. The van der Waals surface area contributed by atoms with Crippen molar-refractivity contribution >= 4 is 43.2 Å². The lowest BCUT2D eigenvalue weighted by atomic mass is 9.82. The summed E-state index contributed by atoms with van der Waals surface area (Å²) in [5.41, 5.74) is 0.802. The van der Waals surface area contributed by atoms with E-state index in [4.69, 9.17) is 21.1 Å². The Morgan fingerprint density at radius 1 is 1.10 bits per heavy atom. The van der Waals surface area contributed by atoms with Crippen molar-refractivity contribution in [3.63, 3.8) is 0 Å². The summed E-state index contributed by atoms with van der Waals surface area (Å²) in [7, 11) is -3.40. The number of aromatic nitrogens is 3. The van der Waals surface area contributed by atoms with Crippen molar-refractivity contribution in [3.8, 4) is 0 Å². The van der Waals surface area contributed by atoms with Gasteiger partial charge in [0.1, 0.15) is 18.3 Å². The predicted molar refractivity (Wildman–Crippen MR) is 180 cm³/mol. The second kappa shape index (κ2) is 14.0. The number of carbonyl (C=O) groups excluding carboxylic acids is 2. The van der Waals surface area contributed by atoms with Gasteiger partial charge in [0.2, 0.25) is 8.41 Å². The summed E-state index contributed by atoms with van der Waals surface area (Å²) >= 11 is 6.48. The monoisotopic (exact) mass is 733 g/mol. The Hall–Kier alpha value is -3.32. The molecule has 1 aromatic heterocycles. The van der Waals surface area contributed by atoms with Crippen LogP contribution in [-0.2, 0) is 44.2 Å². The lowest BCUT2D eigenvalue weighted by molar-refractivity contribution is -0.274. The molecule has 2 saturated heterocycles. The van der Waals surface area contributed by atoms with Crippen LogP contribution in [0.5, 0.6) is 0 Å². The number of benzene rings is 2. The van der Waals surface area contributed by atoms with Gasteiger partial charge in [-0.3, -0.25) is 14.3 Å². The highest BCUT2D eigenvalue weighted by molar-refractivity contribution is 6.72. The van der Waals surface area contributed by atoms with Gasteiger partial charge in [-0.1, -0.05) is 35.9 Å². The number of fused-ring (bicyclic) bond motifs is 2. The molecule has 2 aromatic carbocycles. The van der Waals surface area contributed by atoms with Gasteiger partial charge in [0.15, 0.2) is 18.0 Å². The van der Waals surface area contributed by atoms with E-state index in [0.29, 0.717) is 52.6 Å². The van der Waals surface area contributed by atoms with Gasteiger partial charge in [-0.2, -0.15) is 0 Å². The Balaban J connectivity index is 1.22. The van der Waals surface area contributed by atoms with Gasteiger partial charge in [-0.05, 0) is 55.4 Å². The number of aryl methyl sites for hydroxylation is 1. The first-order valence-electron chi connectivity index (χ1n) is 16.4. The summed E-state index contributed by atoms with van der Waals surface area (Å²) < 4.78 is 29.6. The van der Waals surface area contributed by atoms with E-state index in [-0.39, 0.29) is 19.1 Å². The number of nitrogens with zero attached hydrogens (tertiary/aromatic N) is 4. The molecular formula is C33H41ClFN5O9Si. The molecule has 0 saturated carbocycles. The molecule has 6 rings (SSSR count). The lowest BCUT2D eigenvalue weighted by Crippen LogP contribution is -2.60. The minimum atomic E-state index is -3.40. The number of rotatable bonds is 10. The smallest absolute Gasteiger partial charge is 0.264 e. The Morgan fingerprint density at radius 3 is 2.50 bits per heavy atom. The van der Waals surface area contributed by atoms with Crippen molar-refractivity contribution in [1.29, 1.82) is 0 Å². The first-order valence-corrected chi connectivity index (χ1v) is 19.7. The van der Waals surface area contributed by atoms with Crippen LogP contribution in [0.2, 0.25) is 23.7 Å². The summed E-state index contributed by atoms with van der Waals surface area (Å²) in [6.45, 7) is 5.57. The van der Waals surface area contributed by atoms with Gasteiger partial charge in [0.05, 0.1) is 24.0 Å². The van der Waals surface area contributed by atoms with E-state index < -0.39 is 68.2 Å². The fourth-order valence-corrected chi connectivity index (χ4v) is 10.3. The van der Waals surface area contributed by atoms with Crippen molar-refractivity contribution in [2.24, 2.45) is 5.92 Å². The molecule has 3 aliphatic heterocycles. The number of hydrogen-bond acceptors (Lipinski definition) is 11. The van der Waals surface area contributed by atoms with E-state index in [9.17, 15) is 35.1 Å². The Kier molecular flexibility index (Phi) is 10.2. The Bertz CT molecular complexity index is 1730. The highest BCUT2D eigenvalue weighted by Gasteiger charge is 2.66. The maximum Gasteiger partial charge on any atom is 0.264 e.